The van der Waals surface area contributed by atoms with Crippen LogP contribution in [0.4, 0.5) is 13.2 Å². The molecule has 4 rings (SSSR count). The van der Waals surface area contributed by atoms with Gasteiger partial charge in [-0.25, -0.2) is 0 Å². The molecule has 0 bridgehead atoms. The SMILES string of the molecule is Cc1noc(C)c1CC(=O)N1CCCC1c1cccc(Cc2ccc(C(F)(F)F)cc2)n1. The van der Waals surface area contributed by atoms with Crippen molar-refractivity contribution in [2.75, 3.05) is 6.54 Å². The van der Waals surface area contributed by atoms with E-state index in [1.54, 1.807) is 6.92 Å². The molecule has 1 aliphatic rings. The van der Waals surface area contributed by atoms with E-state index < -0.39 is 11.7 Å². The number of hydrogen-bond donors (Lipinski definition) is 0. The Kier molecular flexibility index (Phi) is 6.04. The highest BCUT2D eigenvalue weighted by Gasteiger charge is 2.32. The van der Waals surface area contributed by atoms with Gasteiger partial charge >= 0.3 is 6.18 Å². The maximum absolute atomic E-state index is 13.0. The Balaban J connectivity index is 1.49. The van der Waals surface area contributed by atoms with E-state index in [0.717, 1.165) is 53.2 Å². The number of amides is 1. The average molecular weight is 443 g/mol. The fraction of sp³-hybridized carbons (Fsp3) is 0.375. The summed E-state index contributed by atoms with van der Waals surface area (Å²) in [5.74, 6) is 0.667. The molecule has 3 aromatic rings. The van der Waals surface area contributed by atoms with Crippen LogP contribution in [0.1, 0.15) is 58.4 Å². The summed E-state index contributed by atoms with van der Waals surface area (Å²) in [6.45, 7) is 4.29. The molecule has 1 amide bonds. The molecule has 1 unspecified atom stereocenters. The van der Waals surface area contributed by atoms with Gasteiger partial charge in [-0.3, -0.25) is 9.78 Å². The summed E-state index contributed by atoms with van der Waals surface area (Å²) < 4.78 is 43.5. The van der Waals surface area contributed by atoms with Crippen LogP contribution in [-0.4, -0.2) is 27.5 Å². The number of hydrogen-bond acceptors (Lipinski definition) is 4. The summed E-state index contributed by atoms with van der Waals surface area (Å²) >= 11 is 0. The number of carbonyl (C=O) groups is 1. The molecular weight excluding hydrogens is 419 g/mol. The number of pyridine rings is 1. The van der Waals surface area contributed by atoms with Gasteiger partial charge in [0.15, 0.2) is 0 Å². The first-order valence-electron chi connectivity index (χ1n) is 10.6. The largest absolute Gasteiger partial charge is 0.416 e. The topological polar surface area (TPSA) is 59.2 Å². The second-order valence-corrected chi connectivity index (χ2v) is 8.15. The summed E-state index contributed by atoms with van der Waals surface area (Å²) in [5, 5.41) is 3.92. The van der Waals surface area contributed by atoms with E-state index in [1.807, 2.05) is 30.0 Å². The van der Waals surface area contributed by atoms with Crippen molar-refractivity contribution in [2.24, 2.45) is 0 Å². The number of nitrogens with zero attached hydrogens (tertiary/aromatic N) is 3. The molecule has 32 heavy (non-hydrogen) atoms. The molecule has 0 radical (unpaired) electrons. The van der Waals surface area contributed by atoms with Gasteiger partial charge in [0, 0.05) is 24.2 Å². The van der Waals surface area contributed by atoms with Crippen molar-refractivity contribution < 1.29 is 22.5 Å². The Morgan fingerprint density at radius 2 is 1.91 bits per heavy atom. The minimum atomic E-state index is -4.35. The second-order valence-electron chi connectivity index (χ2n) is 8.15. The van der Waals surface area contributed by atoms with Crippen molar-refractivity contribution in [3.63, 3.8) is 0 Å². The quantitative estimate of drug-likeness (QED) is 0.544. The zero-order valence-electron chi connectivity index (χ0n) is 17.9. The van der Waals surface area contributed by atoms with Crippen LogP contribution in [-0.2, 0) is 23.8 Å². The standard InChI is InChI=1S/C24H24F3N3O2/c1-15-20(16(2)32-29-15)14-23(31)30-12-4-7-22(30)21-6-3-5-19(28-21)13-17-8-10-18(11-9-17)24(25,26)27/h3,5-6,8-11,22H,4,7,12-14H2,1-2H3. The van der Waals surface area contributed by atoms with E-state index in [2.05, 4.69) is 5.16 Å². The lowest BCUT2D eigenvalue weighted by Gasteiger charge is -2.25. The predicted molar refractivity (Wildman–Crippen MR) is 112 cm³/mol. The summed E-state index contributed by atoms with van der Waals surface area (Å²) in [5.41, 5.74) is 3.20. The van der Waals surface area contributed by atoms with E-state index in [0.29, 0.717) is 18.7 Å². The number of halogens is 3. The highest BCUT2D eigenvalue weighted by atomic mass is 19.4. The predicted octanol–water partition coefficient (Wildman–Crippen LogP) is 5.20. The van der Waals surface area contributed by atoms with Crippen molar-refractivity contribution in [2.45, 2.75) is 51.7 Å². The first-order chi connectivity index (χ1) is 15.2. The number of likely N-dealkylation sites (tertiary alicyclic amines) is 1. The van der Waals surface area contributed by atoms with E-state index >= 15 is 0 Å². The molecule has 1 saturated heterocycles. The van der Waals surface area contributed by atoms with Crippen LogP contribution in [0, 0.1) is 13.8 Å². The van der Waals surface area contributed by atoms with Gasteiger partial charge in [0.05, 0.1) is 29.4 Å². The minimum Gasteiger partial charge on any atom is -0.361 e. The lowest BCUT2D eigenvalue weighted by molar-refractivity contribution is -0.137. The number of aryl methyl sites for hydroxylation is 2. The summed E-state index contributed by atoms with van der Waals surface area (Å²) in [4.78, 5) is 19.6. The van der Waals surface area contributed by atoms with Gasteiger partial charge in [0.2, 0.25) is 5.91 Å². The molecule has 0 aliphatic carbocycles. The van der Waals surface area contributed by atoms with Gasteiger partial charge in [-0.2, -0.15) is 13.2 Å². The van der Waals surface area contributed by atoms with Gasteiger partial charge in [-0.05, 0) is 56.5 Å². The fourth-order valence-corrected chi connectivity index (χ4v) is 4.18. The van der Waals surface area contributed by atoms with Crippen LogP contribution in [0.25, 0.3) is 0 Å². The molecule has 3 heterocycles. The zero-order valence-corrected chi connectivity index (χ0v) is 17.9. The van der Waals surface area contributed by atoms with Crippen LogP contribution in [0.5, 0.6) is 0 Å². The fourth-order valence-electron chi connectivity index (χ4n) is 4.18. The van der Waals surface area contributed by atoms with Gasteiger partial charge in [0.25, 0.3) is 0 Å². The Bertz CT molecular complexity index is 1090. The Morgan fingerprint density at radius 1 is 1.16 bits per heavy atom. The third-order valence-electron chi connectivity index (χ3n) is 5.92. The van der Waals surface area contributed by atoms with Gasteiger partial charge in [-0.1, -0.05) is 23.4 Å². The van der Waals surface area contributed by atoms with Crippen molar-refractivity contribution in [1.29, 1.82) is 0 Å². The van der Waals surface area contributed by atoms with E-state index in [9.17, 15) is 18.0 Å². The monoisotopic (exact) mass is 443 g/mol. The van der Waals surface area contributed by atoms with Crippen molar-refractivity contribution in [3.05, 3.63) is 82.0 Å². The number of aromatic nitrogens is 2. The molecule has 1 atom stereocenters. The molecule has 168 valence electrons. The van der Waals surface area contributed by atoms with Crippen molar-refractivity contribution in [1.82, 2.24) is 15.0 Å². The lowest BCUT2D eigenvalue weighted by Crippen LogP contribution is -2.32. The van der Waals surface area contributed by atoms with E-state index in [-0.39, 0.29) is 18.4 Å². The average Bonchev–Trinajstić information content (AvgIpc) is 3.36. The number of benzene rings is 1. The molecule has 5 nitrogen and oxygen atoms in total. The Morgan fingerprint density at radius 3 is 2.56 bits per heavy atom. The van der Waals surface area contributed by atoms with Crippen molar-refractivity contribution >= 4 is 5.91 Å². The first kappa shape index (κ1) is 22.0. The summed E-state index contributed by atoms with van der Waals surface area (Å²) in [6, 6.07) is 10.7. The highest BCUT2D eigenvalue weighted by molar-refractivity contribution is 5.80. The van der Waals surface area contributed by atoms with Crippen LogP contribution >= 0.6 is 0 Å². The molecule has 1 aromatic carbocycles. The van der Waals surface area contributed by atoms with Crippen molar-refractivity contribution in [3.8, 4) is 0 Å². The molecular formula is C24H24F3N3O2. The van der Waals surface area contributed by atoms with E-state index in [1.165, 1.54) is 12.1 Å². The summed E-state index contributed by atoms with van der Waals surface area (Å²) in [6.07, 6.45) is -1.97. The third kappa shape index (κ3) is 4.69. The Hall–Kier alpha value is -3.16. The normalized spacial score (nSPS) is 16.5. The number of carbonyl (C=O) groups excluding carboxylic acids is 1. The first-order valence-corrected chi connectivity index (χ1v) is 10.6. The lowest BCUT2D eigenvalue weighted by atomic mass is 10.0. The highest BCUT2D eigenvalue weighted by Crippen LogP contribution is 2.32. The molecule has 2 aromatic heterocycles. The zero-order chi connectivity index (χ0) is 22.9. The van der Waals surface area contributed by atoms with Gasteiger partial charge < -0.3 is 9.42 Å². The Labute approximate surface area is 184 Å². The second kappa shape index (κ2) is 8.76. The van der Waals surface area contributed by atoms with Crippen LogP contribution < -0.4 is 0 Å². The van der Waals surface area contributed by atoms with Gasteiger partial charge in [-0.15, -0.1) is 0 Å². The maximum Gasteiger partial charge on any atom is 0.416 e. The molecule has 0 spiro atoms. The van der Waals surface area contributed by atoms with Gasteiger partial charge in [0.1, 0.15) is 5.76 Å². The summed E-state index contributed by atoms with van der Waals surface area (Å²) in [7, 11) is 0. The molecule has 1 fully saturated rings. The van der Waals surface area contributed by atoms with E-state index in [4.69, 9.17) is 9.51 Å². The van der Waals surface area contributed by atoms with Crippen LogP contribution in [0.2, 0.25) is 0 Å². The number of rotatable bonds is 5. The molecule has 0 saturated carbocycles. The molecule has 1 aliphatic heterocycles. The smallest absolute Gasteiger partial charge is 0.361 e. The maximum atomic E-state index is 13.0. The minimum absolute atomic E-state index is 0.0110. The number of alkyl halides is 3. The van der Waals surface area contributed by atoms with Crippen LogP contribution in [0.3, 0.4) is 0 Å². The molecule has 0 N–H and O–H groups in total. The third-order valence-corrected chi connectivity index (χ3v) is 5.92. The van der Waals surface area contributed by atoms with Crippen LogP contribution in [0.15, 0.2) is 47.0 Å². The molecule has 8 heteroatoms.